The van der Waals surface area contributed by atoms with E-state index in [1.54, 1.807) is 18.3 Å². The van der Waals surface area contributed by atoms with Gasteiger partial charge in [0.05, 0.1) is 4.88 Å². The Morgan fingerprint density at radius 3 is 3.09 bits per heavy atom. The van der Waals surface area contributed by atoms with Crippen LogP contribution >= 0.6 is 11.3 Å². The number of amides is 1. The standard InChI is InChI=1S/C16H17N3O2S/c20-16(19-13-7-10-4-5-12(13)18-10)14-8-11(9-22-14)21-15-3-1-2-6-17-15/h1-3,6,8-10,12-13,18H,4-5,7H2,(H,19,20)/t10-,12+,13-/m1/s1. The molecular formula is C16H17N3O2S. The van der Waals surface area contributed by atoms with Crippen LogP contribution < -0.4 is 15.4 Å². The maximum absolute atomic E-state index is 12.3. The molecule has 2 aromatic heterocycles. The SMILES string of the molecule is O=C(N[C@@H]1C[C@H]2CC[C@@H]1N2)c1cc(Oc2ccccn2)cs1. The predicted molar refractivity (Wildman–Crippen MR) is 84.4 cm³/mol. The van der Waals surface area contributed by atoms with Gasteiger partial charge in [-0.15, -0.1) is 11.3 Å². The Morgan fingerprint density at radius 2 is 2.36 bits per heavy atom. The van der Waals surface area contributed by atoms with Crippen molar-refractivity contribution in [2.75, 3.05) is 0 Å². The third-order valence-corrected chi connectivity index (χ3v) is 5.18. The van der Waals surface area contributed by atoms with Gasteiger partial charge in [-0.2, -0.15) is 0 Å². The maximum atomic E-state index is 12.3. The third kappa shape index (κ3) is 2.71. The van der Waals surface area contributed by atoms with Crippen molar-refractivity contribution < 1.29 is 9.53 Å². The van der Waals surface area contributed by atoms with Gasteiger partial charge >= 0.3 is 0 Å². The van der Waals surface area contributed by atoms with Crippen molar-refractivity contribution in [2.24, 2.45) is 0 Å². The van der Waals surface area contributed by atoms with Crippen LogP contribution in [0.25, 0.3) is 0 Å². The molecule has 2 aromatic rings. The van der Waals surface area contributed by atoms with Gasteiger partial charge in [-0.05, 0) is 25.3 Å². The van der Waals surface area contributed by atoms with E-state index >= 15 is 0 Å². The number of rotatable bonds is 4. The summed E-state index contributed by atoms with van der Waals surface area (Å²) in [5, 5.41) is 8.51. The molecule has 6 heteroatoms. The minimum absolute atomic E-state index is 0.0137. The zero-order chi connectivity index (χ0) is 14.9. The molecule has 2 fully saturated rings. The van der Waals surface area contributed by atoms with Gasteiger partial charge in [-0.25, -0.2) is 4.98 Å². The molecule has 2 saturated heterocycles. The lowest BCUT2D eigenvalue weighted by Gasteiger charge is -2.20. The van der Waals surface area contributed by atoms with E-state index in [4.69, 9.17) is 4.74 Å². The molecule has 4 rings (SSSR count). The fourth-order valence-corrected chi connectivity index (χ4v) is 3.95. The molecule has 0 aromatic carbocycles. The summed E-state index contributed by atoms with van der Waals surface area (Å²) >= 11 is 1.40. The summed E-state index contributed by atoms with van der Waals surface area (Å²) in [5.74, 6) is 1.17. The van der Waals surface area contributed by atoms with Crippen LogP contribution in [0.3, 0.4) is 0 Å². The Hall–Kier alpha value is -1.92. The summed E-state index contributed by atoms with van der Waals surface area (Å²) in [7, 11) is 0. The van der Waals surface area contributed by atoms with E-state index in [-0.39, 0.29) is 11.9 Å². The molecule has 0 saturated carbocycles. The zero-order valence-electron chi connectivity index (χ0n) is 12.0. The quantitative estimate of drug-likeness (QED) is 0.910. The molecule has 0 radical (unpaired) electrons. The molecular weight excluding hydrogens is 298 g/mol. The molecule has 2 N–H and O–H groups in total. The summed E-state index contributed by atoms with van der Waals surface area (Å²) in [6.45, 7) is 0. The van der Waals surface area contributed by atoms with Crippen molar-refractivity contribution in [2.45, 2.75) is 37.4 Å². The van der Waals surface area contributed by atoms with Crippen LogP contribution in [0, 0.1) is 0 Å². The third-order valence-electron chi connectivity index (χ3n) is 4.28. The van der Waals surface area contributed by atoms with E-state index in [0.29, 0.717) is 28.6 Å². The number of ether oxygens (including phenoxy) is 1. The highest BCUT2D eigenvalue weighted by atomic mass is 32.1. The highest BCUT2D eigenvalue weighted by Gasteiger charge is 2.39. The van der Waals surface area contributed by atoms with Gasteiger partial charge < -0.3 is 15.4 Å². The molecule has 0 spiro atoms. The first-order chi connectivity index (χ1) is 10.8. The first-order valence-electron chi connectivity index (χ1n) is 7.52. The number of thiophene rings is 1. The number of nitrogens with one attached hydrogen (secondary N) is 2. The lowest BCUT2D eigenvalue weighted by Crippen LogP contribution is -2.42. The Balaban J connectivity index is 1.39. The van der Waals surface area contributed by atoms with Crippen molar-refractivity contribution in [3.8, 4) is 11.6 Å². The molecule has 114 valence electrons. The van der Waals surface area contributed by atoms with Crippen LogP contribution in [-0.2, 0) is 0 Å². The minimum atomic E-state index is -0.0137. The molecule has 0 unspecified atom stereocenters. The van der Waals surface area contributed by atoms with Crippen LogP contribution in [0.15, 0.2) is 35.8 Å². The van der Waals surface area contributed by atoms with Gasteiger partial charge in [-0.3, -0.25) is 4.79 Å². The minimum Gasteiger partial charge on any atom is -0.438 e. The van der Waals surface area contributed by atoms with Crippen molar-refractivity contribution in [1.82, 2.24) is 15.6 Å². The summed E-state index contributed by atoms with van der Waals surface area (Å²) in [6.07, 6.45) is 5.11. The number of aromatic nitrogens is 1. The molecule has 5 nitrogen and oxygen atoms in total. The fraction of sp³-hybridized carbons (Fsp3) is 0.375. The zero-order valence-corrected chi connectivity index (χ0v) is 12.8. The van der Waals surface area contributed by atoms with E-state index in [1.807, 2.05) is 17.5 Å². The van der Waals surface area contributed by atoms with Crippen LogP contribution in [0.5, 0.6) is 11.6 Å². The van der Waals surface area contributed by atoms with E-state index in [9.17, 15) is 4.79 Å². The molecule has 22 heavy (non-hydrogen) atoms. The highest BCUT2D eigenvalue weighted by molar-refractivity contribution is 7.12. The summed E-state index contributed by atoms with van der Waals surface area (Å²) < 4.78 is 5.64. The molecule has 2 aliphatic heterocycles. The number of hydrogen-bond acceptors (Lipinski definition) is 5. The molecule has 3 atom stereocenters. The Morgan fingerprint density at radius 1 is 1.41 bits per heavy atom. The number of pyridine rings is 1. The van der Waals surface area contributed by atoms with E-state index in [0.717, 1.165) is 12.8 Å². The Labute approximate surface area is 132 Å². The van der Waals surface area contributed by atoms with Gasteiger partial charge in [0, 0.05) is 41.8 Å². The van der Waals surface area contributed by atoms with Gasteiger partial charge in [0.1, 0.15) is 5.75 Å². The second-order valence-electron chi connectivity index (χ2n) is 5.78. The molecule has 2 aliphatic rings. The van der Waals surface area contributed by atoms with E-state index < -0.39 is 0 Å². The summed E-state index contributed by atoms with van der Waals surface area (Å²) in [6, 6.07) is 8.55. The monoisotopic (exact) mass is 315 g/mol. The highest BCUT2D eigenvalue weighted by Crippen LogP contribution is 2.29. The fourth-order valence-electron chi connectivity index (χ4n) is 3.24. The van der Waals surface area contributed by atoms with Crippen LogP contribution in [0.2, 0.25) is 0 Å². The Kier molecular flexibility index (Phi) is 3.56. The van der Waals surface area contributed by atoms with Gasteiger partial charge in [0.15, 0.2) is 0 Å². The first-order valence-corrected chi connectivity index (χ1v) is 8.40. The van der Waals surface area contributed by atoms with Crippen LogP contribution in [-0.4, -0.2) is 29.0 Å². The number of carbonyl (C=O) groups is 1. The largest absolute Gasteiger partial charge is 0.438 e. The molecule has 2 bridgehead atoms. The van der Waals surface area contributed by atoms with Crippen molar-refractivity contribution in [3.63, 3.8) is 0 Å². The molecule has 0 aliphatic carbocycles. The van der Waals surface area contributed by atoms with Gasteiger partial charge in [0.2, 0.25) is 5.88 Å². The van der Waals surface area contributed by atoms with Crippen molar-refractivity contribution in [3.05, 3.63) is 40.7 Å². The average Bonchev–Trinajstić information content (AvgIpc) is 3.24. The Bertz CT molecular complexity index is 673. The number of carbonyl (C=O) groups excluding carboxylic acids is 1. The number of nitrogens with zero attached hydrogens (tertiary/aromatic N) is 1. The first kappa shape index (κ1) is 13.7. The van der Waals surface area contributed by atoms with Crippen molar-refractivity contribution in [1.29, 1.82) is 0 Å². The molecule has 1 amide bonds. The number of fused-ring (bicyclic) bond motifs is 2. The smallest absolute Gasteiger partial charge is 0.261 e. The topological polar surface area (TPSA) is 63.2 Å². The number of hydrogen-bond donors (Lipinski definition) is 2. The summed E-state index contributed by atoms with van der Waals surface area (Å²) in [5.41, 5.74) is 0. The van der Waals surface area contributed by atoms with E-state index in [1.165, 1.54) is 17.8 Å². The van der Waals surface area contributed by atoms with Gasteiger partial charge in [0.25, 0.3) is 5.91 Å². The normalized spacial score (nSPS) is 26.1. The lowest BCUT2D eigenvalue weighted by molar-refractivity contribution is 0.0935. The predicted octanol–water partition coefficient (Wildman–Crippen LogP) is 2.56. The van der Waals surface area contributed by atoms with Crippen molar-refractivity contribution >= 4 is 17.2 Å². The summed E-state index contributed by atoms with van der Waals surface area (Å²) in [4.78, 5) is 17.1. The van der Waals surface area contributed by atoms with E-state index in [2.05, 4.69) is 15.6 Å². The lowest BCUT2D eigenvalue weighted by atomic mass is 9.95. The molecule has 4 heterocycles. The average molecular weight is 315 g/mol. The second kappa shape index (κ2) is 5.70. The maximum Gasteiger partial charge on any atom is 0.261 e. The van der Waals surface area contributed by atoms with Gasteiger partial charge in [-0.1, -0.05) is 6.07 Å². The second-order valence-corrected chi connectivity index (χ2v) is 6.69. The van der Waals surface area contributed by atoms with Crippen LogP contribution in [0.4, 0.5) is 0 Å². The van der Waals surface area contributed by atoms with Crippen LogP contribution in [0.1, 0.15) is 28.9 Å².